The first kappa shape index (κ1) is 21.2. The maximum atomic E-state index is 13.3. The number of benzene rings is 2. The molecular weight excluding hydrogens is 400 g/mol. The Bertz CT molecular complexity index is 972. The highest BCUT2D eigenvalue weighted by Gasteiger charge is 2.51. The van der Waals surface area contributed by atoms with E-state index in [9.17, 15) is 9.59 Å². The average molecular weight is 435 g/mol. The molecule has 0 heterocycles. The number of fused-ring (bicyclic) bond motifs is 1. The van der Waals surface area contributed by atoms with Crippen LogP contribution in [0.4, 0.5) is 0 Å². The maximum Gasteiger partial charge on any atom is 0.140 e. The number of hydrogen-bond acceptors (Lipinski definition) is 3. The van der Waals surface area contributed by atoms with E-state index in [-0.39, 0.29) is 11.7 Å². The molecular formula is C28H34O2S. The number of carbonyl (C=O) groups excluding carboxylic acids is 2. The highest BCUT2D eigenvalue weighted by Crippen LogP contribution is 2.61. The maximum absolute atomic E-state index is 13.3. The van der Waals surface area contributed by atoms with Gasteiger partial charge in [0.25, 0.3) is 0 Å². The summed E-state index contributed by atoms with van der Waals surface area (Å²) in [4.78, 5) is 25.7. The molecule has 0 spiro atoms. The summed E-state index contributed by atoms with van der Waals surface area (Å²) in [5.41, 5.74) is 1.58. The van der Waals surface area contributed by atoms with E-state index < -0.39 is 0 Å². The van der Waals surface area contributed by atoms with Crippen molar-refractivity contribution in [1.82, 2.24) is 0 Å². The van der Waals surface area contributed by atoms with Crippen molar-refractivity contribution in [1.29, 1.82) is 0 Å². The predicted octanol–water partition coefficient (Wildman–Crippen LogP) is 6.88. The fourth-order valence-electron chi connectivity index (χ4n) is 7.19. The number of thioether (sulfide) groups is 1. The van der Waals surface area contributed by atoms with Crippen LogP contribution in [0, 0.1) is 29.1 Å². The van der Waals surface area contributed by atoms with Gasteiger partial charge < -0.3 is 0 Å². The first-order valence-corrected chi connectivity index (χ1v) is 13.0. The van der Waals surface area contributed by atoms with Gasteiger partial charge in [-0.15, -0.1) is 11.8 Å². The Labute approximate surface area is 190 Å². The summed E-state index contributed by atoms with van der Waals surface area (Å²) >= 11 is 1.60. The molecule has 0 saturated heterocycles. The van der Waals surface area contributed by atoms with Gasteiger partial charge in [0.2, 0.25) is 0 Å². The predicted molar refractivity (Wildman–Crippen MR) is 128 cm³/mol. The Morgan fingerprint density at radius 3 is 2.26 bits per heavy atom. The van der Waals surface area contributed by atoms with Crippen molar-refractivity contribution in [3.63, 3.8) is 0 Å². The molecule has 4 bridgehead atoms. The quantitative estimate of drug-likeness (QED) is 0.425. The van der Waals surface area contributed by atoms with Crippen LogP contribution < -0.4 is 0 Å². The first-order chi connectivity index (χ1) is 14.9. The molecule has 31 heavy (non-hydrogen) atoms. The van der Waals surface area contributed by atoms with Crippen molar-refractivity contribution in [3.8, 4) is 0 Å². The van der Waals surface area contributed by atoms with Crippen LogP contribution >= 0.6 is 11.8 Å². The number of Topliss-reactive ketones (excluding diaryl/α,β-unsaturated/α-hetero) is 2. The van der Waals surface area contributed by atoms with Crippen molar-refractivity contribution in [3.05, 3.63) is 42.0 Å². The molecule has 4 aliphatic carbocycles. The van der Waals surface area contributed by atoms with Crippen LogP contribution in [0.25, 0.3) is 10.8 Å². The molecule has 0 aromatic heterocycles. The fraction of sp³-hybridized carbons (Fsp3) is 0.571. The third-order valence-electron chi connectivity index (χ3n) is 8.12. The minimum Gasteiger partial charge on any atom is -0.299 e. The fourth-order valence-corrected chi connectivity index (χ4v) is 7.94. The van der Waals surface area contributed by atoms with Gasteiger partial charge in [-0.25, -0.2) is 0 Å². The summed E-state index contributed by atoms with van der Waals surface area (Å²) in [6.45, 7) is 3.76. The number of rotatable bonds is 8. The monoisotopic (exact) mass is 434 g/mol. The van der Waals surface area contributed by atoms with Gasteiger partial charge in [0.15, 0.2) is 0 Å². The Hall–Kier alpha value is -1.61. The lowest BCUT2D eigenvalue weighted by Gasteiger charge is -2.57. The molecule has 2 nitrogen and oxygen atoms in total. The summed E-state index contributed by atoms with van der Waals surface area (Å²) in [5, 5.41) is 2.41. The van der Waals surface area contributed by atoms with E-state index in [1.54, 1.807) is 18.7 Å². The smallest absolute Gasteiger partial charge is 0.140 e. The van der Waals surface area contributed by atoms with Gasteiger partial charge in [0.05, 0.1) is 5.75 Å². The molecule has 0 amide bonds. The summed E-state index contributed by atoms with van der Waals surface area (Å²) < 4.78 is 0. The molecule has 0 N–H and O–H groups in total. The van der Waals surface area contributed by atoms with Gasteiger partial charge >= 0.3 is 0 Å². The Kier molecular flexibility index (Phi) is 5.75. The van der Waals surface area contributed by atoms with Gasteiger partial charge in [-0.2, -0.15) is 0 Å². The van der Waals surface area contributed by atoms with E-state index >= 15 is 0 Å². The Balaban J connectivity index is 1.25. The van der Waals surface area contributed by atoms with Crippen LogP contribution in [-0.4, -0.2) is 17.3 Å². The molecule has 0 radical (unpaired) electrons. The summed E-state index contributed by atoms with van der Waals surface area (Å²) in [7, 11) is 0. The van der Waals surface area contributed by atoms with E-state index in [4.69, 9.17) is 0 Å². The molecule has 6 rings (SSSR count). The topological polar surface area (TPSA) is 34.1 Å². The van der Waals surface area contributed by atoms with E-state index in [1.165, 1.54) is 54.9 Å². The minimum absolute atomic E-state index is 0.0840. The van der Waals surface area contributed by atoms with Crippen LogP contribution in [0.1, 0.15) is 64.4 Å². The molecule has 2 aromatic rings. The van der Waals surface area contributed by atoms with Crippen molar-refractivity contribution in [2.75, 3.05) is 5.75 Å². The van der Waals surface area contributed by atoms with Crippen LogP contribution in [0.2, 0.25) is 0 Å². The average Bonchev–Trinajstić information content (AvgIpc) is 2.70. The van der Waals surface area contributed by atoms with E-state index in [0.29, 0.717) is 17.0 Å². The van der Waals surface area contributed by atoms with Gasteiger partial charge in [-0.05, 0) is 104 Å². The lowest BCUT2D eigenvalue weighted by molar-refractivity contribution is -0.130. The molecule has 4 fully saturated rings. The van der Waals surface area contributed by atoms with Crippen molar-refractivity contribution >= 4 is 34.1 Å². The number of carbonyl (C=O) groups is 2. The van der Waals surface area contributed by atoms with Crippen molar-refractivity contribution < 1.29 is 9.59 Å². The zero-order valence-corrected chi connectivity index (χ0v) is 19.7. The summed E-state index contributed by atoms with van der Waals surface area (Å²) in [6, 6.07) is 13.0. The van der Waals surface area contributed by atoms with Gasteiger partial charge in [0, 0.05) is 17.2 Å². The Morgan fingerprint density at radius 1 is 0.968 bits per heavy atom. The van der Waals surface area contributed by atoms with Crippen LogP contribution in [0.3, 0.4) is 0 Å². The molecule has 164 valence electrons. The number of ketones is 2. The zero-order chi connectivity index (χ0) is 21.6. The summed E-state index contributed by atoms with van der Waals surface area (Å²) in [6.07, 6.45) is 9.89. The van der Waals surface area contributed by atoms with E-state index in [0.717, 1.165) is 35.5 Å². The van der Waals surface area contributed by atoms with Gasteiger partial charge in [0.1, 0.15) is 11.6 Å². The molecule has 1 unspecified atom stereocenters. The van der Waals surface area contributed by atoms with E-state index in [1.807, 2.05) is 0 Å². The SMILES string of the molecule is CC(=O)CSc1ccc2ccc(CC(C)C(=O)CC34CC5CC(CC(C5)C3)C4)cc2c1. The standard InChI is InChI=1S/C28H34O2S/c1-18(27(30)16-28-13-21-8-22(14-28)10-23(9-21)15-28)7-20-3-4-24-5-6-26(12-25(24)11-20)31-17-19(2)29/h3-6,11-12,18,21-23H,7-10,13-17H2,1-2H3. The third-order valence-corrected chi connectivity index (χ3v) is 9.26. The molecule has 2 aromatic carbocycles. The highest BCUT2D eigenvalue weighted by molar-refractivity contribution is 8.00. The zero-order valence-electron chi connectivity index (χ0n) is 18.9. The Morgan fingerprint density at radius 2 is 1.61 bits per heavy atom. The molecule has 1 atom stereocenters. The van der Waals surface area contributed by atoms with Crippen molar-refractivity contribution in [2.24, 2.45) is 29.1 Å². The van der Waals surface area contributed by atoms with Crippen LogP contribution in [0.5, 0.6) is 0 Å². The second-order valence-corrected chi connectivity index (χ2v) is 12.0. The van der Waals surface area contributed by atoms with E-state index in [2.05, 4.69) is 43.3 Å². The third kappa shape index (κ3) is 4.62. The first-order valence-electron chi connectivity index (χ1n) is 12.1. The second kappa shape index (κ2) is 8.39. The molecule has 4 saturated carbocycles. The van der Waals surface area contributed by atoms with Gasteiger partial charge in [-0.3, -0.25) is 9.59 Å². The molecule has 4 aliphatic rings. The normalized spacial score (nSPS) is 29.9. The van der Waals surface area contributed by atoms with Crippen LogP contribution in [-0.2, 0) is 16.0 Å². The largest absolute Gasteiger partial charge is 0.299 e. The van der Waals surface area contributed by atoms with Crippen LogP contribution in [0.15, 0.2) is 41.3 Å². The lowest BCUT2D eigenvalue weighted by Crippen LogP contribution is -2.47. The highest BCUT2D eigenvalue weighted by atomic mass is 32.2. The number of hydrogen-bond donors (Lipinski definition) is 0. The molecule has 3 heteroatoms. The lowest BCUT2D eigenvalue weighted by atomic mass is 9.48. The van der Waals surface area contributed by atoms with Gasteiger partial charge in [-0.1, -0.05) is 31.2 Å². The second-order valence-electron chi connectivity index (χ2n) is 11.0. The molecule has 0 aliphatic heterocycles. The minimum atomic E-state index is 0.0840. The van der Waals surface area contributed by atoms with Crippen molar-refractivity contribution in [2.45, 2.75) is 70.1 Å². The summed E-state index contributed by atoms with van der Waals surface area (Å²) in [5.74, 6) is 4.00.